The molecule has 4 aliphatic heterocycles. The third kappa shape index (κ3) is 5.51. The summed E-state index contributed by atoms with van der Waals surface area (Å²) in [5.41, 5.74) is 1.47. The van der Waals surface area contributed by atoms with Crippen LogP contribution in [-0.4, -0.2) is 102 Å². The van der Waals surface area contributed by atoms with Crippen molar-refractivity contribution in [2.24, 2.45) is 0 Å². The summed E-state index contributed by atoms with van der Waals surface area (Å²) in [7, 11) is 0. The van der Waals surface area contributed by atoms with Gasteiger partial charge >= 0.3 is 6.18 Å². The van der Waals surface area contributed by atoms with Gasteiger partial charge in [-0.2, -0.15) is 13.2 Å². The molecule has 0 amide bonds. The fraction of sp³-hybridized carbons (Fsp3) is 0.700. The molecule has 0 saturated carbocycles. The molecule has 1 N–H and O–H groups in total. The van der Waals surface area contributed by atoms with E-state index in [0.717, 1.165) is 18.8 Å². The number of ether oxygens (including phenoxy) is 2. The van der Waals surface area contributed by atoms with Crippen molar-refractivity contribution in [3.63, 3.8) is 0 Å². The minimum absolute atomic E-state index is 0.0932. The molecule has 0 aromatic heterocycles. The molecule has 3 fully saturated rings. The first-order valence-corrected chi connectivity index (χ1v) is 11.4. The Hall–Kier alpha value is -1.40. The number of rotatable bonds is 4. The molecule has 0 aromatic rings. The van der Waals surface area contributed by atoms with Gasteiger partial charge in [-0.1, -0.05) is 6.58 Å². The summed E-state index contributed by atoms with van der Waals surface area (Å²) >= 11 is 1.40. The Morgan fingerprint density at radius 2 is 1.74 bits per heavy atom. The summed E-state index contributed by atoms with van der Waals surface area (Å²) in [6.07, 6.45) is -0.639. The zero-order valence-electron chi connectivity index (χ0n) is 17.7. The Morgan fingerprint density at radius 3 is 2.45 bits per heavy atom. The molecule has 3 saturated heterocycles. The Morgan fingerprint density at radius 1 is 1.00 bits per heavy atom. The van der Waals surface area contributed by atoms with Crippen molar-refractivity contribution in [3.8, 4) is 0 Å². The fourth-order valence-corrected chi connectivity index (χ4v) is 5.23. The molecule has 0 radical (unpaired) electrons. The van der Waals surface area contributed by atoms with Gasteiger partial charge < -0.3 is 24.6 Å². The molecule has 31 heavy (non-hydrogen) atoms. The van der Waals surface area contributed by atoms with Gasteiger partial charge in [0.05, 0.1) is 26.4 Å². The van der Waals surface area contributed by atoms with Crippen molar-refractivity contribution in [1.82, 2.24) is 23.7 Å². The lowest BCUT2D eigenvalue weighted by Crippen LogP contribution is -2.59. The van der Waals surface area contributed by atoms with Crippen molar-refractivity contribution < 1.29 is 22.6 Å². The maximum atomic E-state index is 14.1. The zero-order chi connectivity index (χ0) is 22.0. The van der Waals surface area contributed by atoms with Crippen LogP contribution in [0.25, 0.3) is 0 Å². The summed E-state index contributed by atoms with van der Waals surface area (Å²) < 4.78 is 57.0. The molecule has 4 rings (SSSR count). The monoisotopic (exact) mass is 461 g/mol. The van der Waals surface area contributed by atoms with Crippen LogP contribution in [0.2, 0.25) is 0 Å². The molecule has 0 aliphatic carbocycles. The van der Waals surface area contributed by atoms with Gasteiger partial charge in [0.2, 0.25) is 0 Å². The first-order valence-electron chi connectivity index (χ1n) is 10.6. The van der Waals surface area contributed by atoms with Gasteiger partial charge in [-0.3, -0.25) is 0 Å². The van der Waals surface area contributed by atoms with E-state index in [1.807, 2.05) is 16.5 Å². The van der Waals surface area contributed by atoms with Crippen LogP contribution in [0.15, 0.2) is 35.9 Å². The molecule has 0 aromatic carbocycles. The number of nitrogens with zero attached hydrogens (tertiary/aromatic N) is 4. The number of nitrogens with one attached hydrogen (secondary N) is 1. The van der Waals surface area contributed by atoms with Gasteiger partial charge in [-0.25, -0.2) is 8.61 Å². The van der Waals surface area contributed by atoms with Crippen LogP contribution in [0, 0.1) is 0 Å². The first-order chi connectivity index (χ1) is 14.8. The van der Waals surface area contributed by atoms with E-state index in [2.05, 4.69) is 28.0 Å². The summed E-state index contributed by atoms with van der Waals surface area (Å²) in [5.74, 6) is 0.458. The molecule has 11 heteroatoms. The number of hydrogen-bond acceptors (Lipinski definition) is 8. The van der Waals surface area contributed by atoms with Gasteiger partial charge in [0, 0.05) is 74.9 Å². The van der Waals surface area contributed by atoms with Gasteiger partial charge in [0.25, 0.3) is 0 Å². The van der Waals surface area contributed by atoms with E-state index in [-0.39, 0.29) is 19.1 Å². The second kappa shape index (κ2) is 9.62. The highest BCUT2D eigenvalue weighted by Crippen LogP contribution is 2.34. The summed E-state index contributed by atoms with van der Waals surface area (Å²) in [4.78, 5) is 3.61. The van der Waals surface area contributed by atoms with E-state index in [1.54, 1.807) is 0 Å². The van der Waals surface area contributed by atoms with Crippen molar-refractivity contribution in [1.29, 1.82) is 0 Å². The van der Waals surface area contributed by atoms with Crippen LogP contribution >= 0.6 is 12.1 Å². The predicted molar refractivity (Wildman–Crippen MR) is 114 cm³/mol. The van der Waals surface area contributed by atoms with Crippen LogP contribution in [0.5, 0.6) is 0 Å². The number of dihydropyridines is 1. The highest BCUT2D eigenvalue weighted by Gasteiger charge is 2.48. The highest BCUT2D eigenvalue weighted by molar-refractivity contribution is 7.94. The third-order valence-corrected chi connectivity index (χ3v) is 6.98. The number of allylic oxidation sites excluding steroid dienone is 2. The zero-order valence-corrected chi connectivity index (χ0v) is 18.6. The maximum Gasteiger partial charge on any atom is 0.410 e. The standard InChI is InChI=1S/C20H30F3N5O2S/c1-15-11-17(27-7-10-30-14-16(27)2)12-19(24-15)28-4-3-26(13-18(28)20(21,22)23)31-25-5-8-29-9-6-25/h11-12,16,18,24H,1,3-10,13-14H2,2H3. The topological polar surface area (TPSA) is 43.5 Å². The Bertz CT molecular complexity index is 726. The summed E-state index contributed by atoms with van der Waals surface area (Å²) in [5, 5.41) is 3.07. The average Bonchev–Trinajstić information content (AvgIpc) is 2.74. The smallest absolute Gasteiger partial charge is 0.379 e. The third-order valence-electron chi connectivity index (χ3n) is 5.83. The second-order valence-electron chi connectivity index (χ2n) is 8.13. The molecule has 4 heterocycles. The molecule has 7 nitrogen and oxygen atoms in total. The SMILES string of the molecule is C=C1C=C(N2CCOCC2C)C=C(N2CCN(SN3CCOCC3)CC2C(F)(F)F)N1. The van der Waals surface area contributed by atoms with E-state index >= 15 is 0 Å². The van der Waals surface area contributed by atoms with E-state index in [0.29, 0.717) is 51.0 Å². The predicted octanol–water partition coefficient (Wildman–Crippen LogP) is 1.99. The van der Waals surface area contributed by atoms with E-state index in [4.69, 9.17) is 9.47 Å². The number of morpholine rings is 2. The number of halogens is 3. The van der Waals surface area contributed by atoms with Crippen LogP contribution < -0.4 is 5.32 Å². The van der Waals surface area contributed by atoms with Crippen LogP contribution in [-0.2, 0) is 9.47 Å². The van der Waals surface area contributed by atoms with E-state index < -0.39 is 12.2 Å². The van der Waals surface area contributed by atoms with Crippen molar-refractivity contribution in [2.45, 2.75) is 25.2 Å². The van der Waals surface area contributed by atoms with Crippen molar-refractivity contribution in [3.05, 3.63) is 35.9 Å². The molecule has 0 spiro atoms. The molecule has 2 atom stereocenters. The largest absolute Gasteiger partial charge is 0.410 e. The number of hydrogen-bond donors (Lipinski definition) is 1. The summed E-state index contributed by atoms with van der Waals surface area (Å²) in [6.45, 7) is 11.3. The second-order valence-corrected chi connectivity index (χ2v) is 9.32. The van der Waals surface area contributed by atoms with Gasteiger partial charge in [-0.05, 0) is 13.0 Å². The highest BCUT2D eigenvalue weighted by atomic mass is 32.2. The lowest BCUT2D eigenvalue weighted by molar-refractivity contribution is -0.187. The molecular formula is C20H30F3N5O2S. The Labute approximate surface area is 185 Å². The number of piperazine rings is 1. The van der Waals surface area contributed by atoms with Crippen LogP contribution in [0.3, 0.4) is 0 Å². The molecule has 0 bridgehead atoms. The Balaban J connectivity index is 1.50. The normalized spacial score (nSPS) is 29.5. The molecular weight excluding hydrogens is 431 g/mol. The van der Waals surface area contributed by atoms with E-state index in [1.165, 1.54) is 17.0 Å². The van der Waals surface area contributed by atoms with Crippen molar-refractivity contribution >= 4 is 12.1 Å². The van der Waals surface area contributed by atoms with Crippen molar-refractivity contribution in [2.75, 3.05) is 65.7 Å². The summed E-state index contributed by atoms with van der Waals surface area (Å²) in [6, 6.07) is -1.44. The molecule has 2 unspecified atom stereocenters. The lowest BCUT2D eigenvalue weighted by Gasteiger charge is -2.46. The molecule has 174 valence electrons. The minimum Gasteiger partial charge on any atom is -0.379 e. The van der Waals surface area contributed by atoms with Gasteiger partial charge in [-0.15, -0.1) is 0 Å². The number of alkyl halides is 3. The minimum atomic E-state index is -4.35. The van der Waals surface area contributed by atoms with Gasteiger partial charge in [0.15, 0.2) is 0 Å². The Kier molecular flexibility index (Phi) is 7.07. The quantitative estimate of drug-likeness (QED) is 0.638. The fourth-order valence-electron chi connectivity index (χ4n) is 4.22. The molecule has 4 aliphatic rings. The van der Waals surface area contributed by atoms with Crippen LogP contribution in [0.4, 0.5) is 13.2 Å². The lowest BCUT2D eigenvalue weighted by atomic mass is 10.1. The van der Waals surface area contributed by atoms with E-state index in [9.17, 15) is 13.2 Å². The van der Waals surface area contributed by atoms with Crippen LogP contribution in [0.1, 0.15) is 6.92 Å². The van der Waals surface area contributed by atoms with Gasteiger partial charge in [0.1, 0.15) is 11.9 Å². The first kappa shape index (κ1) is 22.8. The maximum absolute atomic E-state index is 14.1. The average molecular weight is 462 g/mol.